The standard InChI is InChI=1S/C15H16FN5/c1-10(2)21-9-20-12-4-3-11(5-13(12)21)6-18-15-8-17-14(16)7-19-15/h3-5,7-10H,6H2,1-2H3,(H,18,19). The van der Waals surface area contributed by atoms with Crippen LogP contribution < -0.4 is 5.32 Å². The van der Waals surface area contributed by atoms with E-state index in [9.17, 15) is 4.39 Å². The minimum atomic E-state index is -0.581. The van der Waals surface area contributed by atoms with Crippen molar-refractivity contribution in [3.05, 3.63) is 48.4 Å². The van der Waals surface area contributed by atoms with E-state index in [1.54, 1.807) is 0 Å². The zero-order valence-electron chi connectivity index (χ0n) is 11.9. The van der Waals surface area contributed by atoms with Crippen molar-refractivity contribution in [1.82, 2.24) is 19.5 Å². The molecule has 0 aliphatic rings. The lowest BCUT2D eigenvalue weighted by Gasteiger charge is -2.09. The predicted octanol–water partition coefficient (Wildman–Crippen LogP) is 3.16. The molecule has 2 heterocycles. The van der Waals surface area contributed by atoms with Gasteiger partial charge in [0.05, 0.1) is 29.8 Å². The summed E-state index contributed by atoms with van der Waals surface area (Å²) >= 11 is 0. The van der Waals surface area contributed by atoms with Crippen LogP contribution in [0.15, 0.2) is 36.9 Å². The maximum absolute atomic E-state index is 12.7. The van der Waals surface area contributed by atoms with E-state index in [1.165, 1.54) is 6.20 Å². The van der Waals surface area contributed by atoms with E-state index in [2.05, 4.69) is 44.7 Å². The van der Waals surface area contributed by atoms with Crippen LogP contribution in [-0.4, -0.2) is 19.5 Å². The summed E-state index contributed by atoms with van der Waals surface area (Å²) in [5, 5.41) is 3.12. The zero-order chi connectivity index (χ0) is 14.8. The number of anilines is 1. The molecule has 21 heavy (non-hydrogen) atoms. The van der Waals surface area contributed by atoms with Crippen molar-refractivity contribution in [2.45, 2.75) is 26.4 Å². The second kappa shape index (κ2) is 5.47. The summed E-state index contributed by atoms with van der Waals surface area (Å²) in [7, 11) is 0. The third-order valence-electron chi connectivity index (χ3n) is 3.29. The van der Waals surface area contributed by atoms with E-state index in [4.69, 9.17) is 0 Å². The average Bonchev–Trinajstić information content (AvgIpc) is 2.90. The van der Waals surface area contributed by atoms with E-state index in [-0.39, 0.29) is 0 Å². The van der Waals surface area contributed by atoms with Crippen LogP contribution in [0, 0.1) is 5.95 Å². The maximum Gasteiger partial charge on any atom is 0.231 e. The van der Waals surface area contributed by atoms with Gasteiger partial charge in [-0.15, -0.1) is 0 Å². The third kappa shape index (κ3) is 2.84. The molecule has 0 aliphatic carbocycles. The van der Waals surface area contributed by atoms with Crippen LogP contribution in [0.5, 0.6) is 0 Å². The molecule has 0 radical (unpaired) electrons. The van der Waals surface area contributed by atoms with Gasteiger partial charge in [-0.05, 0) is 31.5 Å². The van der Waals surface area contributed by atoms with Crippen molar-refractivity contribution in [2.24, 2.45) is 0 Å². The highest BCUT2D eigenvalue weighted by molar-refractivity contribution is 5.76. The van der Waals surface area contributed by atoms with Gasteiger partial charge in [0.2, 0.25) is 5.95 Å². The monoisotopic (exact) mass is 285 g/mol. The lowest BCUT2D eigenvalue weighted by Crippen LogP contribution is -2.03. The Balaban J connectivity index is 1.80. The normalized spacial score (nSPS) is 11.2. The van der Waals surface area contributed by atoms with Gasteiger partial charge in [0.1, 0.15) is 5.82 Å². The molecule has 1 aromatic carbocycles. The summed E-state index contributed by atoms with van der Waals surface area (Å²) in [5.74, 6) is -0.0309. The number of benzene rings is 1. The van der Waals surface area contributed by atoms with Crippen molar-refractivity contribution >= 4 is 16.9 Å². The molecule has 0 aliphatic heterocycles. The molecule has 5 nitrogen and oxygen atoms in total. The molecule has 3 rings (SSSR count). The summed E-state index contributed by atoms with van der Waals surface area (Å²) < 4.78 is 14.8. The molecule has 0 saturated heterocycles. The topological polar surface area (TPSA) is 55.6 Å². The number of rotatable bonds is 4. The summed E-state index contributed by atoms with van der Waals surface area (Å²) in [6, 6.07) is 6.49. The van der Waals surface area contributed by atoms with E-state index in [0.29, 0.717) is 18.4 Å². The quantitative estimate of drug-likeness (QED) is 0.800. The van der Waals surface area contributed by atoms with Gasteiger partial charge in [-0.3, -0.25) is 0 Å². The molecule has 0 amide bonds. The first-order valence-corrected chi connectivity index (χ1v) is 6.80. The number of fused-ring (bicyclic) bond motifs is 1. The van der Waals surface area contributed by atoms with Crippen molar-refractivity contribution < 1.29 is 4.39 Å². The van der Waals surface area contributed by atoms with Crippen LogP contribution in [0.3, 0.4) is 0 Å². The number of imidazole rings is 1. The van der Waals surface area contributed by atoms with Crippen molar-refractivity contribution in [3.63, 3.8) is 0 Å². The highest BCUT2D eigenvalue weighted by atomic mass is 19.1. The van der Waals surface area contributed by atoms with Crippen LogP contribution in [0.25, 0.3) is 11.0 Å². The van der Waals surface area contributed by atoms with E-state index in [0.717, 1.165) is 22.8 Å². The van der Waals surface area contributed by atoms with Crippen LogP contribution >= 0.6 is 0 Å². The fraction of sp³-hybridized carbons (Fsp3) is 0.267. The molecule has 0 fully saturated rings. The Morgan fingerprint density at radius 3 is 2.76 bits per heavy atom. The van der Waals surface area contributed by atoms with Gasteiger partial charge in [0.25, 0.3) is 0 Å². The summed E-state index contributed by atoms with van der Waals surface area (Å²) in [4.78, 5) is 11.9. The minimum absolute atomic E-state index is 0.362. The Hall–Kier alpha value is -2.50. The highest BCUT2D eigenvalue weighted by Crippen LogP contribution is 2.19. The molecule has 3 aromatic rings. The van der Waals surface area contributed by atoms with Gasteiger partial charge >= 0.3 is 0 Å². The van der Waals surface area contributed by atoms with Crippen molar-refractivity contribution in [3.8, 4) is 0 Å². The molecule has 108 valence electrons. The first-order chi connectivity index (χ1) is 10.1. The average molecular weight is 285 g/mol. The summed E-state index contributed by atoms with van der Waals surface area (Å²) in [5.41, 5.74) is 3.19. The molecule has 1 N–H and O–H groups in total. The van der Waals surface area contributed by atoms with Gasteiger partial charge in [-0.2, -0.15) is 4.39 Å². The molecule has 0 saturated carbocycles. The van der Waals surface area contributed by atoms with Gasteiger partial charge in [0, 0.05) is 12.6 Å². The lowest BCUT2D eigenvalue weighted by molar-refractivity contribution is 0.577. The van der Waals surface area contributed by atoms with Gasteiger partial charge in [0.15, 0.2) is 0 Å². The predicted molar refractivity (Wildman–Crippen MR) is 79.4 cm³/mol. The van der Waals surface area contributed by atoms with Crippen LogP contribution in [0.4, 0.5) is 10.2 Å². The highest BCUT2D eigenvalue weighted by Gasteiger charge is 2.06. The second-order valence-corrected chi connectivity index (χ2v) is 5.15. The number of nitrogens with one attached hydrogen (secondary N) is 1. The van der Waals surface area contributed by atoms with Crippen molar-refractivity contribution in [1.29, 1.82) is 0 Å². The largest absolute Gasteiger partial charge is 0.365 e. The van der Waals surface area contributed by atoms with Crippen LogP contribution in [-0.2, 0) is 6.54 Å². The molecule has 0 unspecified atom stereocenters. The molecule has 0 spiro atoms. The first kappa shape index (κ1) is 13.5. The van der Waals surface area contributed by atoms with Crippen LogP contribution in [0.2, 0.25) is 0 Å². The van der Waals surface area contributed by atoms with Gasteiger partial charge < -0.3 is 9.88 Å². The number of hydrogen-bond donors (Lipinski definition) is 1. The number of aromatic nitrogens is 4. The van der Waals surface area contributed by atoms with E-state index < -0.39 is 5.95 Å². The Bertz CT molecular complexity index is 748. The molecular weight excluding hydrogens is 269 g/mol. The van der Waals surface area contributed by atoms with E-state index >= 15 is 0 Å². The molecule has 0 atom stereocenters. The summed E-state index contributed by atoms with van der Waals surface area (Å²) in [6.45, 7) is 4.85. The Kier molecular flexibility index (Phi) is 3.51. The molecule has 0 bridgehead atoms. The number of nitrogens with zero attached hydrogens (tertiary/aromatic N) is 4. The fourth-order valence-electron chi connectivity index (χ4n) is 2.19. The third-order valence-corrected chi connectivity index (χ3v) is 3.29. The van der Waals surface area contributed by atoms with Gasteiger partial charge in [-0.25, -0.2) is 15.0 Å². The second-order valence-electron chi connectivity index (χ2n) is 5.15. The fourth-order valence-corrected chi connectivity index (χ4v) is 2.19. The first-order valence-electron chi connectivity index (χ1n) is 6.80. The van der Waals surface area contributed by atoms with E-state index in [1.807, 2.05) is 18.5 Å². The minimum Gasteiger partial charge on any atom is -0.365 e. The van der Waals surface area contributed by atoms with Crippen molar-refractivity contribution in [2.75, 3.05) is 5.32 Å². The van der Waals surface area contributed by atoms with Crippen LogP contribution in [0.1, 0.15) is 25.5 Å². The Morgan fingerprint density at radius 2 is 2.05 bits per heavy atom. The number of halogens is 1. The zero-order valence-corrected chi connectivity index (χ0v) is 11.9. The number of hydrogen-bond acceptors (Lipinski definition) is 4. The molecular formula is C15H16FN5. The molecule has 6 heteroatoms. The lowest BCUT2D eigenvalue weighted by atomic mass is 10.2. The maximum atomic E-state index is 12.7. The smallest absolute Gasteiger partial charge is 0.231 e. The van der Waals surface area contributed by atoms with Gasteiger partial charge in [-0.1, -0.05) is 6.07 Å². The Morgan fingerprint density at radius 1 is 1.19 bits per heavy atom. The Labute approximate surface area is 121 Å². The summed E-state index contributed by atoms with van der Waals surface area (Å²) in [6.07, 6.45) is 4.34. The molecule has 2 aromatic heterocycles. The SMILES string of the molecule is CC(C)n1cnc2ccc(CNc3cnc(F)cn3)cc21.